The Hall–Kier alpha value is -0.860. The van der Waals surface area contributed by atoms with Crippen LogP contribution in [-0.4, -0.2) is 11.7 Å². The van der Waals surface area contributed by atoms with Gasteiger partial charge in [0.15, 0.2) is 0 Å². The molecule has 1 aliphatic carbocycles. The summed E-state index contributed by atoms with van der Waals surface area (Å²) in [5.41, 5.74) is 8.05. The van der Waals surface area contributed by atoms with Gasteiger partial charge in [-0.2, -0.15) is 0 Å². The molecule has 2 unspecified atom stereocenters. The highest BCUT2D eigenvalue weighted by molar-refractivity contribution is 5.30. The molecule has 1 aromatic carbocycles. The van der Waals surface area contributed by atoms with E-state index in [1.54, 1.807) is 0 Å². The van der Waals surface area contributed by atoms with Gasteiger partial charge in [0.1, 0.15) is 0 Å². The molecular weight excluding hydrogens is 174 g/mol. The molecule has 1 aliphatic rings. The lowest BCUT2D eigenvalue weighted by molar-refractivity contribution is 0.147. The van der Waals surface area contributed by atoms with Gasteiger partial charge in [0.25, 0.3) is 0 Å². The van der Waals surface area contributed by atoms with Gasteiger partial charge < -0.3 is 10.8 Å². The molecule has 0 aliphatic heterocycles. The standard InChI is InChI=1S/C12H17NO/c13-8-9-5-6-10-3-1-2-4-11(10)12(14)7-9/h1-4,9,12,14H,5-8,13H2. The Kier molecular flexibility index (Phi) is 2.85. The zero-order valence-corrected chi connectivity index (χ0v) is 8.32. The van der Waals surface area contributed by atoms with Crippen molar-refractivity contribution in [3.05, 3.63) is 35.4 Å². The Labute approximate surface area is 84.7 Å². The number of aryl methyl sites for hydroxylation is 1. The van der Waals surface area contributed by atoms with E-state index in [0.29, 0.717) is 12.5 Å². The van der Waals surface area contributed by atoms with Crippen LogP contribution in [0.2, 0.25) is 0 Å². The topological polar surface area (TPSA) is 46.2 Å². The zero-order chi connectivity index (χ0) is 9.97. The lowest BCUT2D eigenvalue weighted by Gasteiger charge is -2.14. The third-order valence-electron chi connectivity index (χ3n) is 3.13. The number of hydrogen-bond acceptors (Lipinski definition) is 2. The summed E-state index contributed by atoms with van der Waals surface area (Å²) < 4.78 is 0. The molecule has 2 atom stereocenters. The molecule has 0 aromatic heterocycles. The van der Waals surface area contributed by atoms with Crippen LogP contribution in [0.25, 0.3) is 0 Å². The third kappa shape index (κ3) is 1.81. The van der Waals surface area contributed by atoms with Crippen LogP contribution < -0.4 is 5.73 Å². The van der Waals surface area contributed by atoms with Crippen LogP contribution in [0.15, 0.2) is 24.3 Å². The van der Waals surface area contributed by atoms with E-state index in [0.717, 1.165) is 24.8 Å². The van der Waals surface area contributed by atoms with Gasteiger partial charge in [-0.15, -0.1) is 0 Å². The molecule has 0 spiro atoms. The highest BCUT2D eigenvalue weighted by atomic mass is 16.3. The van der Waals surface area contributed by atoms with Crippen LogP contribution in [0.1, 0.15) is 30.1 Å². The second-order valence-electron chi connectivity index (χ2n) is 4.09. The van der Waals surface area contributed by atoms with Gasteiger partial charge in [0, 0.05) is 0 Å². The second-order valence-corrected chi connectivity index (χ2v) is 4.09. The highest BCUT2D eigenvalue weighted by Gasteiger charge is 2.21. The van der Waals surface area contributed by atoms with Crippen molar-refractivity contribution in [2.24, 2.45) is 11.7 Å². The molecule has 0 heterocycles. The Balaban J connectivity index is 2.26. The van der Waals surface area contributed by atoms with E-state index in [1.807, 2.05) is 18.2 Å². The van der Waals surface area contributed by atoms with E-state index >= 15 is 0 Å². The summed E-state index contributed by atoms with van der Waals surface area (Å²) >= 11 is 0. The SMILES string of the molecule is NCC1CCc2ccccc2C(O)C1. The van der Waals surface area contributed by atoms with Gasteiger partial charge >= 0.3 is 0 Å². The molecule has 0 fully saturated rings. The Morgan fingerprint density at radius 3 is 2.93 bits per heavy atom. The van der Waals surface area contributed by atoms with Crippen molar-refractivity contribution in [1.29, 1.82) is 0 Å². The summed E-state index contributed by atoms with van der Waals surface area (Å²) in [5, 5.41) is 9.99. The van der Waals surface area contributed by atoms with E-state index in [-0.39, 0.29) is 6.10 Å². The van der Waals surface area contributed by atoms with E-state index < -0.39 is 0 Å². The first-order valence-corrected chi connectivity index (χ1v) is 5.27. The van der Waals surface area contributed by atoms with Crippen LogP contribution in [0.5, 0.6) is 0 Å². The first-order valence-electron chi connectivity index (χ1n) is 5.27. The van der Waals surface area contributed by atoms with E-state index in [1.165, 1.54) is 5.56 Å². The molecule has 0 saturated heterocycles. The van der Waals surface area contributed by atoms with E-state index in [2.05, 4.69) is 6.07 Å². The minimum atomic E-state index is -0.317. The van der Waals surface area contributed by atoms with Crippen LogP contribution >= 0.6 is 0 Å². The number of hydrogen-bond donors (Lipinski definition) is 2. The Morgan fingerprint density at radius 2 is 2.14 bits per heavy atom. The van der Waals surface area contributed by atoms with Gasteiger partial charge in [-0.05, 0) is 42.9 Å². The van der Waals surface area contributed by atoms with Crippen LogP contribution in [0, 0.1) is 5.92 Å². The van der Waals surface area contributed by atoms with Crippen molar-refractivity contribution in [3.63, 3.8) is 0 Å². The van der Waals surface area contributed by atoms with Crippen molar-refractivity contribution in [2.75, 3.05) is 6.54 Å². The fourth-order valence-electron chi connectivity index (χ4n) is 2.22. The summed E-state index contributed by atoms with van der Waals surface area (Å²) in [6.07, 6.45) is 2.65. The summed E-state index contributed by atoms with van der Waals surface area (Å²) in [4.78, 5) is 0. The van der Waals surface area contributed by atoms with Gasteiger partial charge in [-0.25, -0.2) is 0 Å². The predicted molar refractivity (Wildman–Crippen MR) is 56.9 cm³/mol. The summed E-state index contributed by atoms with van der Waals surface area (Å²) in [6, 6.07) is 8.16. The van der Waals surface area contributed by atoms with Crippen molar-refractivity contribution in [3.8, 4) is 0 Å². The second kappa shape index (κ2) is 4.11. The van der Waals surface area contributed by atoms with Gasteiger partial charge in [0.05, 0.1) is 6.10 Å². The Bertz CT molecular complexity index is 311. The molecule has 2 rings (SSSR count). The molecule has 0 amide bonds. The van der Waals surface area contributed by atoms with Crippen molar-refractivity contribution >= 4 is 0 Å². The highest BCUT2D eigenvalue weighted by Crippen LogP contribution is 2.30. The fraction of sp³-hybridized carbons (Fsp3) is 0.500. The van der Waals surface area contributed by atoms with Gasteiger partial charge in [-0.3, -0.25) is 0 Å². The first-order chi connectivity index (χ1) is 6.81. The van der Waals surface area contributed by atoms with E-state index in [4.69, 9.17) is 5.73 Å². The van der Waals surface area contributed by atoms with Gasteiger partial charge in [0.2, 0.25) is 0 Å². The van der Waals surface area contributed by atoms with Crippen molar-refractivity contribution < 1.29 is 5.11 Å². The maximum Gasteiger partial charge on any atom is 0.0795 e. The van der Waals surface area contributed by atoms with Crippen LogP contribution in [-0.2, 0) is 6.42 Å². The number of fused-ring (bicyclic) bond motifs is 1. The molecular formula is C12H17NO. The zero-order valence-electron chi connectivity index (χ0n) is 8.32. The van der Waals surface area contributed by atoms with Crippen molar-refractivity contribution in [1.82, 2.24) is 0 Å². The minimum Gasteiger partial charge on any atom is -0.388 e. The quantitative estimate of drug-likeness (QED) is 0.663. The molecule has 0 bridgehead atoms. The molecule has 14 heavy (non-hydrogen) atoms. The largest absolute Gasteiger partial charge is 0.388 e. The van der Waals surface area contributed by atoms with Gasteiger partial charge in [-0.1, -0.05) is 24.3 Å². The monoisotopic (exact) mass is 191 g/mol. The van der Waals surface area contributed by atoms with Crippen LogP contribution in [0.3, 0.4) is 0 Å². The average Bonchev–Trinajstić information content (AvgIpc) is 2.39. The maximum atomic E-state index is 9.99. The summed E-state index contributed by atoms with van der Waals surface area (Å²) in [5.74, 6) is 0.470. The molecule has 2 heteroatoms. The molecule has 3 N–H and O–H groups in total. The molecule has 76 valence electrons. The van der Waals surface area contributed by atoms with Crippen LogP contribution in [0.4, 0.5) is 0 Å². The minimum absolute atomic E-state index is 0.317. The number of rotatable bonds is 1. The third-order valence-corrected chi connectivity index (χ3v) is 3.13. The number of aliphatic hydroxyl groups excluding tert-OH is 1. The molecule has 2 nitrogen and oxygen atoms in total. The number of aliphatic hydroxyl groups is 1. The summed E-state index contributed by atoms with van der Waals surface area (Å²) in [7, 11) is 0. The van der Waals surface area contributed by atoms with E-state index in [9.17, 15) is 5.11 Å². The van der Waals surface area contributed by atoms with Crippen molar-refractivity contribution in [2.45, 2.75) is 25.4 Å². The normalized spacial score (nSPS) is 26.7. The first kappa shape index (κ1) is 9.69. The smallest absolute Gasteiger partial charge is 0.0795 e. The Morgan fingerprint density at radius 1 is 1.36 bits per heavy atom. The number of nitrogens with two attached hydrogens (primary N) is 1. The summed E-state index contributed by atoms with van der Waals surface area (Å²) in [6.45, 7) is 0.686. The lowest BCUT2D eigenvalue weighted by atomic mass is 9.98. The molecule has 1 aromatic rings. The molecule has 0 saturated carbocycles. The number of benzene rings is 1. The average molecular weight is 191 g/mol. The maximum absolute atomic E-state index is 9.99. The predicted octanol–water partition coefficient (Wildman–Crippen LogP) is 1.63. The molecule has 0 radical (unpaired) electrons. The fourth-order valence-corrected chi connectivity index (χ4v) is 2.22. The lowest BCUT2D eigenvalue weighted by Crippen LogP contribution is -2.15.